The highest BCUT2D eigenvalue weighted by Gasteiger charge is 2.34. The Hall–Kier alpha value is -0.680. The molecule has 0 radical (unpaired) electrons. The van der Waals surface area contributed by atoms with E-state index in [1.54, 1.807) is 18.7 Å². The van der Waals surface area contributed by atoms with E-state index in [0.717, 1.165) is 15.8 Å². The molecule has 88 valence electrons. The Morgan fingerprint density at radius 2 is 2.25 bits per heavy atom. The van der Waals surface area contributed by atoms with Crippen molar-refractivity contribution in [3.05, 3.63) is 4.88 Å². The Morgan fingerprint density at radius 1 is 1.62 bits per heavy atom. The molecule has 1 aliphatic rings. The molecule has 0 amide bonds. The van der Waals surface area contributed by atoms with Crippen LogP contribution in [0.3, 0.4) is 0 Å². The first kappa shape index (κ1) is 11.8. The first-order chi connectivity index (χ1) is 7.54. The van der Waals surface area contributed by atoms with Crippen LogP contribution < -0.4 is 11.1 Å². The van der Waals surface area contributed by atoms with Gasteiger partial charge in [0.15, 0.2) is 5.78 Å². The number of nitrogen functional groups attached to an aromatic ring is 1. The van der Waals surface area contributed by atoms with E-state index in [4.69, 9.17) is 5.73 Å². The van der Waals surface area contributed by atoms with E-state index in [2.05, 4.69) is 12.2 Å². The van der Waals surface area contributed by atoms with Gasteiger partial charge in [-0.25, -0.2) is 0 Å². The number of carbonyl (C=O) groups excluding carboxylic acids is 1. The molecule has 2 rings (SSSR count). The average molecular weight is 256 g/mol. The van der Waals surface area contributed by atoms with Crippen molar-refractivity contribution in [1.82, 2.24) is 0 Å². The molecule has 5 heteroatoms. The quantitative estimate of drug-likeness (QED) is 0.642. The molecule has 1 aliphatic carbocycles. The number of Topliss-reactive ketones (excluding diaryl/α,β-unsaturated/α-hetero) is 1. The normalized spacial score (nSPS) is 23.2. The highest BCUT2D eigenvalue weighted by atomic mass is 32.2. The van der Waals surface area contributed by atoms with E-state index in [-0.39, 0.29) is 5.78 Å². The number of ketones is 1. The maximum atomic E-state index is 11.4. The number of nitrogens with one attached hydrogen (secondary N) is 1. The number of nitrogens with two attached hydrogens (primary N) is 1. The number of hydrogen-bond acceptors (Lipinski definition) is 5. The maximum absolute atomic E-state index is 11.4. The molecule has 3 N–H and O–H groups in total. The van der Waals surface area contributed by atoms with Crippen molar-refractivity contribution in [3.8, 4) is 0 Å². The van der Waals surface area contributed by atoms with E-state index in [9.17, 15) is 4.79 Å². The Morgan fingerprint density at radius 3 is 2.69 bits per heavy atom. The van der Waals surface area contributed by atoms with Crippen molar-refractivity contribution in [2.24, 2.45) is 5.92 Å². The van der Waals surface area contributed by atoms with Crippen LogP contribution in [0.5, 0.6) is 0 Å². The van der Waals surface area contributed by atoms with E-state index >= 15 is 0 Å². The summed E-state index contributed by atoms with van der Waals surface area (Å²) in [5.41, 5.74) is 6.61. The molecule has 0 aliphatic heterocycles. The molecule has 1 aromatic heterocycles. The van der Waals surface area contributed by atoms with E-state index < -0.39 is 0 Å². The number of thioether (sulfide) groups is 1. The zero-order chi connectivity index (χ0) is 11.9. The van der Waals surface area contributed by atoms with Crippen molar-refractivity contribution in [2.45, 2.75) is 31.2 Å². The third kappa shape index (κ3) is 2.06. The number of thiophene rings is 1. The Kier molecular flexibility index (Phi) is 3.17. The summed E-state index contributed by atoms with van der Waals surface area (Å²) in [4.78, 5) is 13.1. The summed E-state index contributed by atoms with van der Waals surface area (Å²) in [5.74, 6) is 0.786. The van der Waals surface area contributed by atoms with Crippen molar-refractivity contribution >= 4 is 39.6 Å². The van der Waals surface area contributed by atoms with Crippen LogP contribution in [0.1, 0.15) is 29.9 Å². The van der Waals surface area contributed by atoms with Gasteiger partial charge in [-0.15, -0.1) is 23.1 Å². The third-order valence-electron chi connectivity index (χ3n) is 2.85. The summed E-state index contributed by atoms with van der Waals surface area (Å²) in [6.45, 7) is 3.79. The fourth-order valence-corrected chi connectivity index (χ4v) is 3.66. The molecule has 1 aromatic rings. The maximum Gasteiger partial charge on any atom is 0.171 e. The van der Waals surface area contributed by atoms with Crippen molar-refractivity contribution in [1.29, 1.82) is 0 Å². The lowest BCUT2D eigenvalue weighted by Crippen LogP contribution is -2.02. The SMILES string of the molecule is CSc1c(NC2CC2C)sc(C(C)=O)c1N. The molecule has 0 saturated heterocycles. The molecule has 2 atom stereocenters. The lowest BCUT2D eigenvalue weighted by Gasteiger charge is -2.04. The van der Waals surface area contributed by atoms with Crippen LogP contribution in [0.15, 0.2) is 4.90 Å². The van der Waals surface area contributed by atoms with Crippen LogP contribution in [0.25, 0.3) is 0 Å². The molecule has 0 aromatic carbocycles. The van der Waals surface area contributed by atoms with Gasteiger partial charge in [0, 0.05) is 13.0 Å². The second-order valence-corrected chi connectivity index (χ2v) is 6.06. The van der Waals surface area contributed by atoms with Gasteiger partial charge in [0.2, 0.25) is 0 Å². The second-order valence-electron chi connectivity index (χ2n) is 4.23. The Balaban J connectivity index is 2.29. The molecule has 0 bridgehead atoms. The summed E-state index contributed by atoms with van der Waals surface area (Å²) in [5, 5.41) is 4.53. The second kappa shape index (κ2) is 4.30. The molecular weight excluding hydrogens is 240 g/mol. The van der Waals surface area contributed by atoms with Crippen LogP contribution >= 0.6 is 23.1 Å². The van der Waals surface area contributed by atoms with Crippen LogP contribution in [-0.2, 0) is 0 Å². The minimum atomic E-state index is 0.0506. The molecule has 2 unspecified atom stereocenters. The number of carbonyl (C=O) groups is 1. The fourth-order valence-electron chi connectivity index (χ4n) is 1.68. The molecule has 1 saturated carbocycles. The smallest absolute Gasteiger partial charge is 0.171 e. The molecule has 16 heavy (non-hydrogen) atoms. The van der Waals surface area contributed by atoms with E-state index in [1.165, 1.54) is 17.8 Å². The fraction of sp³-hybridized carbons (Fsp3) is 0.545. The summed E-state index contributed by atoms with van der Waals surface area (Å²) >= 11 is 3.08. The highest BCUT2D eigenvalue weighted by molar-refractivity contribution is 7.99. The molecule has 3 nitrogen and oxygen atoms in total. The van der Waals surface area contributed by atoms with E-state index in [1.807, 2.05) is 6.26 Å². The summed E-state index contributed by atoms with van der Waals surface area (Å²) in [7, 11) is 0. The van der Waals surface area contributed by atoms with Crippen molar-refractivity contribution in [2.75, 3.05) is 17.3 Å². The van der Waals surface area contributed by atoms with Crippen LogP contribution in [0.4, 0.5) is 10.7 Å². The van der Waals surface area contributed by atoms with Gasteiger partial charge in [-0.2, -0.15) is 0 Å². The zero-order valence-corrected chi connectivity index (χ0v) is 11.3. The third-order valence-corrected chi connectivity index (χ3v) is 5.05. The summed E-state index contributed by atoms with van der Waals surface area (Å²) < 4.78 is 0. The van der Waals surface area contributed by atoms with Gasteiger partial charge in [0.25, 0.3) is 0 Å². The average Bonchev–Trinajstić information content (AvgIpc) is 2.79. The molecule has 1 fully saturated rings. The van der Waals surface area contributed by atoms with E-state index in [0.29, 0.717) is 16.6 Å². The van der Waals surface area contributed by atoms with Gasteiger partial charge in [0.05, 0.1) is 15.5 Å². The van der Waals surface area contributed by atoms with Crippen molar-refractivity contribution in [3.63, 3.8) is 0 Å². The highest BCUT2D eigenvalue weighted by Crippen LogP contribution is 2.44. The lowest BCUT2D eigenvalue weighted by molar-refractivity contribution is 0.102. The Bertz CT molecular complexity index is 428. The van der Waals surface area contributed by atoms with Gasteiger partial charge in [0.1, 0.15) is 5.00 Å². The minimum Gasteiger partial charge on any atom is -0.396 e. The zero-order valence-electron chi connectivity index (χ0n) is 9.66. The number of hydrogen-bond donors (Lipinski definition) is 2. The van der Waals surface area contributed by atoms with Gasteiger partial charge in [-0.05, 0) is 18.6 Å². The molecule has 0 spiro atoms. The molecule has 1 heterocycles. The summed E-state index contributed by atoms with van der Waals surface area (Å²) in [6.07, 6.45) is 3.20. The Labute approximate surface area is 104 Å². The van der Waals surface area contributed by atoms with Crippen LogP contribution in [0, 0.1) is 5.92 Å². The predicted molar refractivity (Wildman–Crippen MR) is 71.7 cm³/mol. The largest absolute Gasteiger partial charge is 0.396 e. The summed E-state index contributed by atoms with van der Waals surface area (Å²) in [6, 6.07) is 0.559. The monoisotopic (exact) mass is 256 g/mol. The van der Waals surface area contributed by atoms with Crippen LogP contribution in [-0.4, -0.2) is 18.1 Å². The van der Waals surface area contributed by atoms with Crippen molar-refractivity contribution < 1.29 is 4.79 Å². The number of rotatable bonds is 4. The predicted octanol–water partition coefficient (Wildman–Crippen LogP) is 3.08. The minimum absolute atomic E-state index is 0.0506. The number of anilines is 2. The van der Waals surface area contributed by atoms with Crippen LogP contribution in [0.2, 0.25) is 0 Å². The topological polar surface area (TPSA) is 55.1 Å². The first-order valence-corrected chi connectivity index (χ1v) is 7.32. The van der Waals surface area contributed by atoms with Gasteiger partial charge in [-0.3, -0.25) is 4.79 Å². The van der Waals surface area contributed by atoms with Gasteiger partial charge >= 0.3 is 0 Å². The first-order valence-electron chi connectivity index (χ1n) is 5.28. The standard InChI is InChI=1S/C11H16N2OS2/c1-5-4-7(5)13-11-10(15-3)8(12)9(16-11)6(2)14/h5,7,13H,4,12H2,1-3H3. The van der Waals surface area contributed by atoms with Gasteiger partial charge < -0.3 is 11.1 Å². The molecular formula is C11H16N2OS2. The van der Waals surface area contributed by atoms with Gasteiger partial charge in [-0.1, -0.05) is 6.92 Å². The lowest BCUT2D eigenvalue weighted by atomic mass is 10.3.